The molecule has 3 rings (SSSR count). The van der Waals surface area contributed by atoms with Crippen LogP contribution in [0.5, 0.6) is 0 Å². The molecular formula is C26H38O5. The Labute approximate surface area is 186 Å². The first-order valence-electron chi connectivity index (χ1n) is 11.5. The molecule has 0 fully saturated rings. The van der Waals surface area contributed by atoms with Gasteiger partial charge in [0.1, 0.15) is 0 Å². The highest BCUT2D eigenvalue weighted by Gasteiger charge is 2.35. The number of carbonyl (C=O) groups excluding carboxylic acids is 1. The molecule has 3 aliphatic rings. The van der Waals surface area contributed by atoms with Crippen LogP contribution in [0, 0.1) is 11.3 Å². The van der Waals surface area contributed by atoms with Crippen LogP contribution in [0.25, 0.3) is 0 Å². The SMILES string of the molecule is COC1OC(C2=CC(=O)OC2O)CC=C1CC/C=C(\C)CCC1C(C)=CCCC1(C)C. The van der Waals surface area contributed by atoms with Gasteiger partial charge >= 0.3 is 5.97 Å². The molecule has 0 saturated heterocycles. The second kappa shape index (κ2) is 10.3. The van der Waals surface area contributed by atoms with Gasteiger partial charge in [-0.15, -0.1) is 0 Å². The number of methoxy groups -OCH3 is 1. The Balaban J connectivity index is 1.51. The number of allylic oxidation sites excluding steroid dienone is 4. The van der Waals surface area contributed by atoms with Crippen LogP contribution in [0.3, 0.4) is 0 Å². The fraction of sp³-hybridized carbons (Fsp3) is 0.654. The minimum atomic E-state index is -1.22. The van der Waals surface area contributed by atoms with Crippen molar-refractivity contribution >= 4 is 5.97 Å². The van der Waals surface area contributed by atoms with E-state index in [4.69, 9.17) is 14.2 Å². The molecular weight excluding hydrogens is 392 g/mol. The molecule has 172 valence electrons. The molecule has 4 unspecified atom stereocenters. The third-order valence-electron chi connectivity index (χ3n) is 7.07. The van der Waals surface area contributed by atoms with E-state index >= 15 is 0 Å². The van der Waals surface area contributed by atoms with Gasteiger partial charge in [0.25, 0.3) is 0 Å². The summed E-state index contributed by atoms with van der Waals surface area (Å²) >= 11 is 0. The molecule has 0 aromatic rings. The summed E-state index contributed by atoms with van der Waals surface area (Å²) < 4.78 is 16.3. The third kappa shape index (κ3) is 5.97. The van der Waals surface area contributed by atoms with Gasteiger partial charge in [0.2, 0.25) is 6.29 Å². The fourth-order valence-electron chi connectivity index (χ4n) is 5.14. The number of hydrogen-bond donors (Lipinski definition) is 1. The van der Waals surface area contributed by atoms with E-state index in [0.29, 0.717) is 23.3 Å². The largest absolute Gasteiger partial charge is 0.429 e. The predicted octanol–water partition coefficient (Wildman–Crippen LogP) is 5.37. The third-order valence-corrected chi connectivity index (χ3v) is 7.07. The van der Waals surface area contributed by atoms with Crippen LogP contribution >= 0.6 is 0 Å². The van der Waals surface area contributed by atoms with E-state index in [1.54, 1.807) is 12.7 Å². The summed E-state index contributed by atoms with van der Waals surface area (Å²) in [4.78, 5) is 11.4. The molecule has 5 heteroatoms. The molecule has 2 heterocycles. The van der Waals surface area contributed by atoms with Crippen LogP contribution in [0.4, 0.5) is 0 Å². The van der Waals surface area contributed by atoms with Crippen molar-refractivity contribution < 1.29 is 24.1 Å². The normalized spacial score (nSPS) is 31.1. The van der Waals surface area contributed by atoms with Crippen LogP contribution in [0.2, 0.25) is 0 Å². The van der Waals surface area contributed by atoms with Gasteiger partial charge < -0.3 is 19.3 Å². The Hall–Kier alpha value is -1.69. The summed E-state index contributed by atoms with van der Waals surface area (Å²) in [5.74, 6) is 0.141. The van der Waals surface area contributed by atoms with Crippen molar-refractivity contribution in [3.05, 3.63) is 46.6 Å². The Morgan fingerprint density at radius 3 is 2.77 bits per heavy atom. The zero-order chi connectivity index (χ0) is 22.6. The summed E-state index contributed by atoms with van der Waals surface area (Å²) in [6, 6.07) is 0. The highest BCUT2D eigenvalue weighted by Crippen LogP contribution is 2.43. The number of carbonyl (C=O) groups is 1. The highest BCUT2D eigenvalue weighted by molar-refractivity contribution is 5.85. The quantitative estimate of drug-likeness (QED) is 0.414. The van der Waals surface area contributed by atoms with Crippen LogP contribution in [-0.4, -0.2) is 36.9 Å². The number of esters is 1. The lowest BCUT2D eigenvalue weighted by Gasteiger charge is -2.38. The molecule has 0 aromatic heterocycles. The van der Waals surface area contributed by atoms with Crippen molar-refractivity contribution in [1.82, 2.24) is 0 Å². The van der Waals surface area contributed by atoms with Crippen LogP contribution in [0.15, 0.2) is 46.6 Å². The average molecular weight is 431 g/mol. The maximum Gasteiger partial charge on any atom is 0.333 e. The first kappa shape index (κ1) is 24.0. The summed E-state index contributed by atoms with van der Waals surface area (Å²) in [5, 5.41) is 9.87. The van der Waals surface area contributed by atoms with Crippen molar-refractivity contribution in [3.63, 3.8) is 0 Å². The second-order valence-electron chi connectivity index (χ2n) is 9.80. The maximum absolute atomic E-state index is 11.4. The van der Waals surface area contributed by atoms with Gasteiger partial charge in [-0.05, 0) is 75.7 Å². The minimum Gasteiger partial charge on any atom is -0.429 e. The molecule has 1 aliphatic carbocycles. The summed E-state index contributed by atoms with van der Waals surface area (Å²) in [6.45, 7) is 9.34. The zero-order valence-electron chi connectivity index (χ0n) is 19.6. The lowest BCUT2D eigenvalue weighted by atomic mass is 9.67. The van der Waals surface area contributed by atoms with E-state index in [1.165, 1.54) is 30.9 Å². The number of cyclic esters (lactones) is 1. The lowest BCUT2D eigenvalue weighted by molar-refractivity contribution is -0.157. The maximum atomic E-state index is 11.4. The van der Waals surface area contributed by atoms with Gasteiger partial charge in [0.15, 0.2) is 6.29 Å². The molecule has 5 nitrogen and oxygen atoms in total. The molecule has 4 atom stereocenters. The van der Waals surface area contributed by atoms with Crippen molar-refractivity contribution in [2.24, 2.45) is 11.3 Å². The molecule has 0 amide bonds. The van der Waals surface area contributed by atoms with Crippen LogP contribution < -0.4 is 0 Å². The molecule has 1 N–H and O–H groups in total. The molecule has 2 aliphatic heterocycles. The predicted molar refractivity (Wildman–Crippen MR) is 121 cm³/mol. The molecule has 0 aromatic carbocycles. The molecule has 0 spiro atoms. The molecule has 0 radical (unpaired) electrons. The highest BCUT2D eigenvalue weighted by atomic mass is 16.7. The minimum absolute atomic E-state index is 0.392. The topological polar surface area (TPSA) is 65.0 Å². The first-order chi connectivity index (χ1) is 14.7. The zero-order valence-corrected chi connectivity index (χ0v) is 19.6. The number of aliphatic hydroxyl groups excluding tert-OH is 1. The molecule has 0 saturated carbocycles. The lowest BCUT2D eigenvalue weighted by Crippen LogP contribution is -2.33. The number of rotatable bonds is 8. The van der Waals surface area contributed by atoms with Crippen molar-refractivity contribution in [2.45, 2.75) is 91.3 Å². The van der Waals surface area contributed by atoms with Gasteiger partial charge in [-0.3, -0.25) is 0 Å². The number of hydrogen-bond acceptors (Lipinski definition) is 5. The van der Waals surface area contributed by atoms with Gasteiger partial charge in [-0.1, -0.05) is 43.2 Å². The smallest absolute Gasteiger partial charge is 0.333 e. The Morgan fingerprint density at radius 1 is 1.35 bits per heavy atom. The van der Waals surface area contributed by atoms with Crippen molar-refractivity contribution in [1.29, 1.82) is 0 Å². The number of ether oxygens (including phenoxy) is 3. The standard InChI is InChI=1S/C26H38O5/c1-17(11-13-21-18(2)9-7-15-26(21,3)4)8-6-10-19-12-14-22(30-25(19)29-5)20-16-23(27)31-24(20)28/h8-9,12,16,21-22,24-25,28H,6-7,10-11,13-15H2,1-5H3/b17-8+. The first-order valence-corrected chi connectivity index (χ1v) is 11.5. The average Bonchev–Trinajstić information content (AvgIpc) is 3.05. The van der Waals surface area contributed by atoms with Gasteiger partial charge in [0.05, 0.1) is 6.10 Å². The summed E-state index contributed by atoms with van der Waals surface area (Å²) in [6.07, 6.45) is 13.3. The van der Waals surface area contributed by atoms with E-state index in [0.717, 1.165) is 24.8 Å². The fourth-order valence-corrected chi connectivity index (χ4v) is 5.14. The molecule has 0 bridgehead atoms. The van der Waals surface area contributed by atoms with Crippen molar-refractivity contribution in [2.75, 3.05) is 7.11 Å². The Kier molecular flexibility index (Phi) is 7.95. The van der Waals surface area contributed by atoms with E-state index in [-0.39, 0.29) is 0 Å². The summed E-state index contributed by atoms with van der Waals surface area (Å²) in [5.41, 5.74) is 4.96. The Morgan fingerprint density at radius 2 is 2.13 bits per heavy atom. The number of aliphatic hydroxyl groups is 1. The van der Waals surface area contributed by atoms with E-state index in [1.807, 2.05) is 0 Å². The van der Waals surface area contributed by atoms with Gasteiger partial charge in [-0.2, -0.15) is 0 Å². The van der Waals surface area contributed by atoms with Gasteiger partial charge in [0, 0.05) is 18.8 Å². The monoisotopic (exact) mass is 430 g/mol. The summed E-state index contributed by atoms with van der Waals surface area (Å²) in [7, 11) is 1.62. The Bertz CT molecular complexity index is 786. The molecule has 31 heavy (non-hydrogen) atoms. The second-order valence-corrected chi connectivity index (χ2v) is 9.80. The van der Waals surface area contributed by atoms with E-state index in [9.17, 15) is 9.90 Å². The van der Waals surface area contributed by atoms with E-state index in [2.05, 4.69) is 45.9 Å². The van der Waals surface area contributed by atoms with Crippen LogP contribution in [0.1, 0.15) is 72.6 Å². The van der Waals surface area contributed by atoms with Gasteiger partial charge in [-0.25, -0.2) is 4.79 Å². The van der Waals surface area contributed by atoms with Crippen molar-refractivity contribution in [3.8, 4) is 0 Å². The van der Waals surface area contributed by atoms with E-state index < -0.39 is 24.7 Å². The van der Waals surface area contributed by atoms with Crippen LogP contribution in [-0.2, 0) is 19.0 Å².